The van der Waals surface area contributed by atoms with Crippen molar-refractivity contribution in [2.24, 2.45) is 0 Å². The first-order valence-electron chi connectivity index (χ1n) is 9.63. The number of carbonyl (C=O) groups is 1. The molecule has 0 spiro atoms. The number of carboxylic acid groups (broad SMARTS) is 1. The van der Waals surface area contributed by atoms with E-state index in [1.54, 1.807) is 24.9 Å². The van der Waals surface area contributed by atoms with Crippen molar-refractivity contribution < 1.29 is 19.0 Å². The van der Waals surface area contributed by atoms with Crippen LogP contribution in [0.2, 0.25) is 0 Å². The third-order valence-corrected chi connectivity index (χ3v) is 5.82. The molecule has 3 aromatic carbocycles. The van der Waals surface area contributed by atoms with E-state index < -0.39 is 12.0 Å². The number of benzene rings is 3. The Bertz CT molecular complexity index is 1000. The van der Waals surface area contributed by atoms with Gasteiger partial charge in [-0.3, -0.25) is 9.69 Å². The SMILES string of the molecule is C[C@@H](C(=O)O)N(C)CCOc1ccc(-c2ccccc2)cc1Sc1cccc(F)c1.Cl. The zero-order chi connectivity index (χ0) is 21.5. The summed E-state index contributed by atoms with van der Waals surface area (Å²) >= 11 is 1.43. The molecule has 0 aliphatic heterocycles. The van der Waals surface area contributed by atoms with Crippen molar-refractivity contribution in [3.8, 4) is 16.9 Å². The molecule has 1 atom stereocenters. The van der Waals surface area contributed by atoms with Gasteiger partial charge in [0.25, 0.3) is 0 Å². The zero-order valence-corrected chi connectivity index (χ0v) is 19.0. The van der Waals surface area contributed by atoms with Crippen LogP contribution in [0.3, 0.4) is 0 Å². The summed E-state index contributed by atoms with van der Waals surface area (Å²) in [5.41, 5.74) is 2.12. The number of nitrogens with zero attached hydrogens (tertiary/aromatic N) is 1. The fourth-order valence-electron chi connectivity index (χ4n) is 2.86. The lowest BCUT2D eigenvalue weighted by atomic mass is 10.1. The fraction of sp³-hybridized carbons (Fsp3) is 0.208. The highest BCUT2D eigenvalue weighted by Gasteiger charge is 2.17. The van der Waals surface area contributed by atoms with E-state index in [1.807, 2.05) is 54.6 Å². The maximum atomic E-state index is 13.6. The average Bonchev–Trinajstić information content (AvgIpc) is 2.74. The maximum Gasteiger partial charge on any atom is 0.320 e. The monoisotopic (exact) mass is 461 g/mol. The lowest BCUT2D eigenvalue weighted by molar-refractivity contribution is -0.142. The summed E-state index contributed by atoms with van der Waals surface area (Å²) in [6, 6.07) is 21.8. The molecule has 0 heterocycles. The second-order valence-electron chi connectivity index (χ2n) is 6.93. The highest BCUT2D eigenvalue weighted by atomic mass is 35.5. The quantitative estimate of drug-likeness (QED) is 0.433. The molecule has 0 unspecified atom stereocenters. The number of carboxylic acids is 1. The van der Waals surface area contributed by atoms with Gasteiger partial charge in [-0.2, -0.15) is 0 Å². The number of aliphatic carboxylic acids is 1. The summed E-state index contributed by atoms with van der Waals surface area (Å²) in [6.07, 6.45) is 0. The number of hydrogen-bond donors (Lipinski definition) is 1. The van der Waals surface area contributed by atoms with Crippen molar-refractivity contribution in [1.29, 1.82) is 0 Å². The lowest BCUT2D eigenvalue weighted by Crippen LogP contribution is -2.38. The van der Waals surface area contributed by atoms with Crippen LogP contribution < -0.4 is 4.74 Å². The topological polar surface area (TPSA) is 49.8 Å². The van der Waals surface area contributed by atoms with Crippen LogP contribution in [-0.2, 0) is 4.79 Å². The van der Waals surface area contributed by atoms with Gasteiger partial charge in [0.2, 0.25) is 0 Å². The maximum absolute atomic E-state index is 13.6. The van der Waals surface area contributed by atoms with E-state index in [1.165, 1.54) is 23.9 Å². The van der Waals surface area contributed by atoms with E-state index in [-0.39, 0.29) is 18.2 Å². The molecule has 164 valence electrons. The highest BCUT2D eigenvalue weighted by Crippen LogP contribution is 2.38. The van der Waals surface area contributed by atoms with Crippen LogP contribution in [0.5, 0.6) is 5.75 Å². The van der Waals surface area contributed by atoms with Crippen molar-refractivity contribution >= 4 is 30.1 Å². The first kappa shape index (κ1) is 24.7. The Balaban J connectivity index is 0.00000341. The normalized spacial score (nSPS) is 11.6. The Morgan fingerprint density at radius 3 is 2.48 bits per heavy atom. The summed E-state index contributed by atoms with van der Waals surface area (Å²) < 4.78 is 19.6. The second kappa shape index (κ2) is 11.7. The summed E-state index contributed by atoms with van der Waals surface area (Å²) in [5, 5.41) is 9.12. The predicted octanol–water partition coefficient (Wildman–Crippen LogP) is 5.85. The van der Waals surface area contributed by atoms with Gasteiger partial charge in [0.05, 0.1) is 4.90 Å². The van der Waals surface area contributed by atoms with Gasteiger partial charge in [0.1, 0.15) is 24.2 Å². The fourth-order valence-corrected chi connectivity index (χ4v) is 3.84. The summed E-state index contributed by atoms with van der Waals surface area (Å²) in [6.45, 7) is 2.45. The van der Waals surface area contributed by atoms with E-state index in [9.17, 15) is 9.18 Å². The van der Waals surface area contributed by atoms with E-state index in [0.29, 0.717) is 18.9 Å². The molecule has 0 radical (unpaired) electrons. The van der Waals surface area contributed by atoms with E-state index >= 15 is 0 Å². The van der Waals surface area contributed by atoms with Gasteiger partial charge >= 0.3 is 5.97 Å². The molecule has 0 saturated carbocycles. The highest BCUT2D eigenvalue weighted by molar-refractivity contribution is 7.99. The first-order chi connectivity index (χ1) is 14.4. The smallest absolute Gasteiger partial charge is 0.320 e. The summed E-state index contributed by atoms with van der Waals surface area (Å²) in [7, 11) is 1.75. The van der Waals surface area contributed by atoms with E-state index in [4.69, 9.17) is 9.84 Å². The van der Waals surface area contributed by atoms with Crippen molar-refractivity contribution in [2.45, 2.75) is 22.8 Å². The molecule has 0 fully saturated rings. The van der Waals surface area contributed by atoms with Gasteiger partial charge in [0.15, 0.2) is 0 Å². The Labute approximate surface area is 192 Å². The van der Waals surface area contributed by atoms with Crippen LogP contribution in [0.25, 0.3) is 11.1 Å². The van der Waals surface area contributed by atoms with Crippen molar-refractivity contribution in [1.82, 2.24) is 4.90 Å². The van der Waals surface area contributed by atoms with Gasteiger partial charge in [-0.25, -0.2) is 4.39 Å². The second-order valence-corrected chi connectivity index (χ2v) is 8.05. The number of hydrogen-bond acceptors (Lipinski definition) is 4. The number of likely N-dealkylation sites (N-methyl/N-ethyl adjacent to an activating group) is 1. The average molecular weight is 462 g/mol. The van der Waals surface area contributed by atoms with Crippen molar-refractivity contribution in [2.75, 3.05) is 20.2 Å². The van der Waals surface area contributed by atoms with Crippen LogP contribution in [0, 0.1) is 5.82 Å². The molecular formula is C24H25ClFNO3S. The molecular weight excluding hydrogens is 437 g/mol. The molecule has 0 amide bonds. The molecule has 0 aliphatic carbocycles. The number of rotatable bonds is 9. The first-order valence-corrected chi connectivity index (χ1v) is 10.4. The Kier molecular flexibility index (Phi) is 9.37. The molecule has 3 rings (SSSR count). The molecule has 4 nitrogen and oxygen atoms in total. The van der Waals surface area contributed by atoms with Crippen molar-refractivity contribution in [3.05, 3.63) is 78.6 Å². The Morgan fingerprint density at radius 2 is 1.81 bits per heavy atom. The number of halogens is 2. The van der Waals surface area contributed by atoms with Crippen LogP contribution in [-0.4, -0.2) is 42.2 Å². The Morgan fingerprint density at radius 1 is 1.06 bits per heavy atom. The van der Waals surface area contributed by atoms with Gasteiger partial charge < -0.3 is 9.84 Å². The zero-order valence-electron chi connectivity index (χ0n) is 17.3. The molecule has 3 aromatic rings. The molecule has 31 heavy (non-hydrogen) atoms. The third kappa shape index (κ3) is 6.99. The minimum Gasteiger partial charge on any atom is -0.491 e. The van der Waals surface area contributed by atoms with Crippen LogP contribution in [0.15, 0.2) is 82.6 Å². The predicted molar refractivity (Wildman–Crippen MR) is 125 cm³/mol. The van der Waals surface area contributed by atoms with E-state index in [2.05, 4.69) is 0 Å². The standard InChI is InChI=1S/C24H24FNO3S.ClH/c1-17(24(27)28)26(2)13-14-29-22-12-11-19(18-7-4-3-5-8-18)15-23(22)30-21-10-6-9-20(25)16-21;/h3-12,15-17H,13-14H2,1-2H3,(H,27,28);1H/t17-;/m0./s1. The van der Waals surface area contributed by atoms with Gasteiger partial charge in [-0.15, -0.1) is 12.4 Å². The molecule has 0 bridgehead atoms. The molecule has 1 N–H and O–H groups in total. The minimum absolute atomic E-state index is 0. The van der Waals surface area contributed by atoms with Crippen LogP contribution >= 0.6 is 24.2 Å². The molecule has 0 aliphatic rings. The molecule has 0 aromatic heterocycles. The minimum atomic E-state index is -0.868. The lowest BCUT2D eigenvalue weighted by Gasteiger charge is -2.21. The van der Waals surface area contributed by atoms with E-state index in [0.717, 1.165) is 20.9 Å². The summed E-state index contributed by atoms with van der Waals surface area (Å²) in [5.74, 6) is -0.474. The van der Waals surface area contributed by atoms with Gasteiger partial charge in [-0.05, 0) is 55.4 Å². The summed E-state index contributed by atoms with van der Waals surface area (Å²) in [4.78, 5) is 14.5. The van der Waals surface area contributed by atoms with Gasteiger partial charge in [-0.1, -0.05) is 54.2 Å². The molecule has 0 saturated heterocycles. The largest absolute Gasteiger partial charge is 0.491 e. The molecule has 7 heteroatoms. The Hall–Kier alpha value is -2.54. The van der Waals surface area contributed by atoms with Crippen molar-refractivity contribution in [3.63, 3.8) is 0 Å². The third-order valence-electron chi connectivity index (χ3n) is 4.79. The van der Waals surface area contributed by atoms with Crippen LogP contribution in [0.1, 0.15) is 6.92 Å². The van der Waals surface area contributed by atoms with Crippen LogP contribution in [0.4, 0.5) is 4.39 Å². The number of ether oxygens (including phenoxy) is 1. The van der Waals surface area contributed by atoms with Gasteiger partial charge in [0, 0.05) is 11.4 Å².